The second-order valence-corrected chi connectivity index (χ2v) is 5.28. The zero-order chi connectivity index (χ0) is 13.1. The summed E-state index contributed by atoms with van der Waals surface area (Å²) in [6, 6.07) is 5.85. The first-order chi connectivity index (χ1) is 8.67. The van der Waals surface area contributed by atoms with Crippen molar-refractivity contribution in [1.29, 1.82) is 0 Å². The van der Waals surface area contributed by atoms with Gasteiger partial charge in [0.15, 0.2) is 0 Å². The van der Waals surface area contributed by atoms with Crippen molar-refractivity contribution in [3.05, 3.63) is 23.8 Å². The second-order valence-electron chi connectivity index (χ2n) is 5.28. The van der Waals surface area contributed by atoms with Gasteiger partial charge in [-0.15, -0.1) is 0 Å². The van der Waals surface area contributed by atoms with Crippen LogP contribution in [0.25, 0.3) is 0 Å². The summed E-state index contributed by atoms with van der Waals surface area (Å²) in [7, 11) is 3.37. The van der Waals surface area contributed by atoms with E-state index in [2.05, 4.69) is 6.92 Å². The lowest BCUT2D eigenvalue weighted by molar-refractivity contribution is 0.354. The summed E-state index contributed by atoms with van der Waals surface area (Å²) < 4.78 is 10.9. The molecule has 18 heavy (non-hydrogen) atoms. The Kier molecular flexibility index (Phi) is 4.12. The Morgan fingerprint density at radius 2 is 1.78 bits per heavy atom. The second kappa shape index (κ2) is 5.61. The Morgan fingerprint density at radius 1 is 1.17 bits per heavy atom. The van der Waals surface area contributed by atoms with Gasteiger partial charge in [0.25, 0.3) is 0 Å². The molecule has 3 atom stereocenters. The number of rotatable bonds is 4. The topological polar surface area (TPSA) is 44.5 Å². The van der Waals surface area contributed by atoms with E-state index < -0.39 is 0 Å². The molecular weight excluding hydrogens is 226 g/mol. The normalized spacial score (nSPS) is 24.9. The van der Waals surface area contributed by atoms with Crippen molar-refractivity contribution in [2.75, 3.05) is 14.2 Å². The summed E-state index contributed by atoms with van der Waals surface area (Å²) in [6.45, 7) is 2.30. The van der Waals surface area contributed by atoms with E-state index in [1.807, 2.05) is 18.2 Å². The minimum absolute atomic E-state index is 0.000972. The van der Waals surface area contributed by atoms with Crippen LogP contribution in [-0.4, -0.2) is 14.2 Å². The first kappa shape index (κ1) is 13.2. The highest BCUT2D eigenvalue weighted by Gasteiger charge is 2.30. The minimum Gasteiger partial charge on any atom is -0.496 e. The molecule has 1 aromatic carbocycles. The molecule has 0 radical (unpaired) electrons. The van der Waals surface area contributed by atoms with Crippen LogP contribution >= 0.6 is 0 Å². The van der Waals surface area contributed by atoms with Crippen molar-refractivity contribution < 1.29 is 9.47 Å². The van der Waals surface area contributed by atoms with Gasteiger partial charge in [-0.3, -0.25) is 0 Å². The highest BCUT2D eigenvalue weighted by molar-refractivity contribution is 5.47. The predicted octanol–water partition coefficient (Wildman–Crippen LogP) is 3.14. The fourth-order valence-electron chi connectivity index (χ4n) is 3.02. The Bertz CT molecular complexity index is 383. The van der Waals surface area contributed by atoms with Crippen LogP contribution < -0.4 is 15.2 Å². The van der Waals surface area contributed by atoms with Gasteiger partial charge in [0.2, 0.25) is 0 Å². The lowest BCUT2D eigenvalue weighted by Crippen LogP contribution is -2.21. The molecule has 1 aliphatic rings. The van der Waals surface area contributed by atoms with Gasteiger partial charge in [-0.05, 0) is 36.8 Å². The van der Waals surface area contributed by atoms with Gasteiger partial charge >= 0.3 is 0 Å². The van der Waals surface area contributed by atoms with Crippen molar-refractivity contribution in [1.82, 2.24) is 0 Å². The average Bonchev–Trinajstić information content (AvgIpc) is 2.83. The van der Waals surface area contributed by atoms with Crippen LogP contribution in [0.5, 0.6) is 11.5 Å². The maximum Gasteiger partial charge on any atom is 0.127 e. The molecule has 0 aromatic heterocycles. The molecular formula is C15H23NO2. The lowest BCUT2D eigenvalue weighted by atomic mass is 9.90. The van der Waals surface area contributed by atoms with Crippen molar-refractivity contribution in [3.8, 4) is 11.5 Å². The molecule has 1 fully saturated rings. The molecule has 0 bridgehead atoms. The summed E-state index contributed by atoms with van der Waals surface area (Å²) in [5.41, 5.74) is 7.47. The number of benzene rings is 1. The fraction of sp³-hybridized carbons (Fsp3) is 0.600. The summed E-state index contributed by atoms with van der Waals surface area (Å²) >= 11 is 0. The van der Waals surface area contributed by atoms with E-state index in [0.717, 1.165) is 23.0 Å². The molecule has 2 N–H and O–H groups in total. The van der Waals surface area contributed by atoms with E-state index in [1.54, 1.807) is 14.2 Å². The first-order valence-electron chi connectivity index (χ1n) is 6.63. The van der Waals surface area contributed by atoms with E-state index in [1.165, 1.54) is 19.3 Å². The third-order valence-corrected chi connectivity index (χ3v) is 4.04. The van der Waals surface area contributed by atoms with E-state index in [4.69, 9.17) is 15.2 Å². The van der Waals surface area contributed by atoms with Crippen molar-refractivity contribution in [2.45, 2.75) is 32.2 Å². The quantitative estimate of drug-likeness (QED) is 0.891. The molecule has 0 aliphatic heterocycles. The van der Waals surface area contributed by atoms with Crippen LogP contribution in [0.4, 0.5) is 0 Å². The van der Waals surface area contributed by atoms with E-state index >= 15 is 0 Å². The molecule has 100 valence electrons. The van der Waals surface area contributed by atoms with Gasteiger partial charge in [0.1, 0.15) is 11.5 Å². The van der Waals surface area contributed by atoms with E-state index in [9.17, 15) is 0 Å². The number of nitrogens with two attached hydrogens (primary N) is 1. The molecule has 2 rings (SSSR count). The zero-order valence-corrected chi connectivity index (χ0v) is 11.5. The Hall–Kier alpha value is -1.22. The number of hydrogen-bond donors (Lipinski definition) is 1. The summed E-state index contributed by atoms with van der Waals surface area (Å²) in [6.07, 6.45) is 3.67. The van der Waals surface area contributed by atoms with Gasteiger partial charge in [0.05, 0.1) is 19.8 Å². The van der Waals surface area contributed by atoms with Crippen LogP contribution in [0.15, 0.2) is 18.2 Å². The Morgan fingerprint density at radius 3 is 2.22 bits per heavy atom. The minimum atomic E-state index is 0.000972. The number of ether oxygens (including phenoxy) is 2. The third-order valence-electron chi connectivity index (χ3n) is 4.04. The first-order valence-corrected chi connectivity index (χ1v) is 6.63. The van der Waals surface area contributed by atoms with Gasteiger partial charge in [0, 0.05) is 6.04 Å². The summed E-state index contributed by atoms with van der Waals surface area (Å²) in [4.78, 5) is 0. The maximum absolute atomic E-state index is 6.46. The summed E-state index contributed by atoms with van der Waals surface area (Å²) in [5, 5.41) is 0. The Labute approximate surface area is 109 Å². The van der Waals surface area contributed by atoms with Crippen molar-refractivity contribution >= 4 is 0 Å². The van der Waals surface area contributed by atoms with Gasteiger partial charge in [-0.2, -0.15) is 0 Å². The van der Waals surface area contributed by atoms with Crippen LogP contribution in [-0.2, 0) is 0 Å². The van der Waals surface area contributed by atoms with E-state index in [0.29, 0.717) is 5.92 Å². The summed E-state index contributed by atoms with van der Waals surface area (Å²) in [5.74, 6) is 2.98. The predicted molar refractivity (Wildman–Crippen MR) is 73.0 cm³/mol. The molecule has 0 heterocycles. The molecule has 1 aliphatic carbocycles. The molecule has 3 heteroatoms. The highest BCUT2D eigenvalue weighted by atomic mass is 16.5. The SMILES string of the molecule is COc1cccc(OC)c1C(N)C1CCC(C)C1. The molecule has 1 aromatic rings. The van der Waals surface area contributed by atoms with Gasteiger partial charge in [-0.25, -0.2) is 0 Å². The molecule has 0 amide bonds. The molecule has 3 unspecified atom stereocenters. The van der Waals surface area contributed by atoms with Crippen LogP contribution in [0.3, 0.4) is 0 Å². The van der Waals surface area contributed by atoms with Crippen molar-refractivity contribution in [2.24, 2.45) is 17.6 Å². The largest absolute Gasteiger partial charge is 0.496 e. The van der Waals surface area contributed by atoms with Gasteiger partial charge < -0.3 is 15.2 Å². The molecule has 0 saturated heterocycles. The maximum atomic E-state index is 6.46. The Balaban J connectivity index is 2.30. The monoisotopic (exact) mass is 249 g/mol. The third kappa shape index (κ3) is 2.46. The average molecular weight is 249 g/mol. The van der Waals surface area contributed by atoms with Crippen LogP contribution in [0, 0.1) is 11.8 Å². The zero-order valence-electron chi connectivity index (χ0n) is 11.5. The van der Waals surface area contributed by atoms with Gasteiger partial charge in [-0.1, -0.05) is 19.4 Å². The highest BCUT2D eigenvalue weighted by Crippen LogP contribution is 2.43. The standard InChI is InChI=1S/C15H23NO2/c1-10-7-8-11(9-10)15(16)14-12(17-2)5-4-6-13(14)18-3/h4-6,10-11,15H,7-9,16H2,1-3H3. The fourth-order valence-corrected chi connectivity index (χ4v) is 3.02. The lowest BCUT2D eigenvalue weighted by Gasteiger charge is -2.23. The van der Waals surface area contributed by atoms with E-state index in [-0.39, 0.29) is 6.04 Å². The van der Waals surface area contributed by atoms with Crippen LogP contribution in [0.1, 0.15) is 37.8 Å². The molecule has 1 saturated carbocycles. The van der Waals surface area contributed by atoms with Crippen LogP contribution in [0.2, 0.25) is 0 Å². The number of hydrogen-bond acceptors (Lipinski definition) is 3. The number of methoxy groups -OCH3 is 2. The molecule has 3 nitrogen and oxygen atoms in total. The molecule has 0 spiro atoms. The van der Waals surface area contributed by atoms with Crippen molar-refractivity contribution in [3.63, 3.8) is 0 Å². The smallest absolute Gasteiger partial charge is 0.127 e.